The van der Waals surface area contributed by atoms with Gasteiger partial charge in [0.1, 0.15) is 12.4 Å². The summed E-state index contributed by atoms with van der Waals surface area (Å²) in [7, 11) is 0. The molecule has 4 rings (SSSR count). The van der Waals surface area contributed by atoms with E-state index in [0.717, 1.165) is 28.1 Å². The van der Waals surface area contributed by atoms with E-state index in [-0.39, 0.29) is 18.6 Å². The van der Waals surface area contributed by atoms with Gasteiger partial charge in [-0.1, -0.05) is 30.3 Å². The molecular weight excluding hydrogens is 419 g/mol. The van der Waals surface area contributed by atoms with Gasteiger partial charge in [0.2, 0.25) is 0 Å². The number of ether oxygens (including phenoxy) is 1. The molecular formula is C25H20F3NO3. The van der Waals surface area contributed by atoms with Crippen molar-refractivity contribution in [1.82, 2.24) is 4.98 Å². The van der Waals surface area contributed by atoms with Crippen molar-refractivity contribution in [3.05, 3.63) is 89.6 Å². The van der Waals surface area contributed by atoms with E-state index in [0.29, 0.717) is 17.7 Å². The third-order valence-electron chi connectivity index (χ3n) is 5.24. The fourth-order valence-corrected chi connectivity index (χ4v) is 3.63. The number of aryl methyl sites for hydroxylation is 1. The zero-order valence-corrected chi connectivity index (χ0v) is 16.9. The number of carboxylic acid groups (broad SMARTS) is 1. The van der Waals surface area contributed by atoms with Gasteiger partial charge in [-0.15, -0.1) is 0 Å². The maximum Gasteiger partial charge on any atom is 0.416 e. The third kappa shape index (κ3) is 4.77. The molecule has 1 heterocycles. The number of fused-ring (bicyclic) bond motifs is 1. The van der Waals surface area contributed by atoms with Crippen LogP contribution < -0.4 is 4.74 Å². The van der Waals surface area contributed by atoms with Crippen LogP contribution in [0.5, 0.6) is 5.75 Å². The number of aromatic amines is 1. The Labute approximate surface area is 182 Å². The van der Waals surface area contributed by atoms with Gasteiger partial charge < -0.3 is 14.8 Å². The van der Waals surface area contributed by atoms with Crippen LogP contribution in [0.15, 0.2) is 72.9 Å². The second-order valence-corrected chi connectivity index (χ2v) is 7.45. The predicted molar refractivity (Wildman–Crippen MR) is 115 cm³/mol. The van der Waals surface area contributed by atoms with E-state index >= 15 is 0 Å². The fourth-order valence-electron chi connectivity index (χ4n) is 3.63. The van der Waals surface area contributed by atoms with E-state index in [1.165, 1.54) is 12.1 Å². The lowest BCUT2D eigenvalue weighted by Gasteiger charge is -2.16. The van der Waals surface area contributed by atoms with Gasteiger partial charge in [0, 0.05) is 29.3 Å². The van der Waals surface area contributed by atoms with Crippen LogP contribution in [-0.4, -0.2) is 16.1 Å². The van der Waals surface area contributed by atoms with Gasteiger partial charge in [-0.2, -0.15) is 13.2 Å². The molecule has 0 aliphatic heterocycles. The maximum absolute atomic E-state index is 13.3. The molecule has 4 nitrogen and oxygen atoms in total. The Balaban J connectivity index is 1.69. The average Bonchev–Trinajstić information content (AvgIpc) is 3.24. The van der Waals surface area contributed by atoms with Crippen LogP contribution in [0.2, 0.25) is 0 Å². The molecule has 0 aliphatic carbocycles. The number of rotatable bonds is 7. The van der Waals surface area contributed by atoms with Crippen LogP contribution in [0.4, 0.5) is 13.2 Å². The first-order valence-corrected chi connectivity index (χ1v) is 10.0. The van der Waals surface area contributed by atoms with Crippen molar-refractivity contribution < 1.29 is 27.8 Å². The van der Waals surface area contributed by atoms with Crippen molar-refractivity contribution >= 4 is 16.9 Å². The quantitative estimate of drug-likeness (QED) is 0.348. The summed E-state index contributed by atoms with van der Waals surface area (Å²) in [5.74, 6) is -0.472. The van der Waals surface area contributed by atoms with Crippen LogP contribution in [0.3, 0.4) is 0 Å². The van der Waals surface area contributed by atoms with E-state index in [1.54, 1.807) is 18.2 Å². The minimum atomic E-state index is -4.47. The summed E-state index contributed by atoms with van der Waals surface area (Å²) in [6.07, 6.45) is -2.33. The molecule has 2 N–H and O–H groups in total. The number of hydrogen-bond acceptors (Lipinski definition) is 2. The molecule has 0 amide bonds. The lowest BCUT2D eigenvalue weighted by Crippen LogP contribution is -2.11. The molecule has 0 fully saturated rings. The maximum atomic E-state index is 13.3. The Morgan fingerprint density at radius 3 is 2.59 bits per heavy atom. The zero-order chi connectivity index (χ0) is 22.7. The molecule has 0 spiro atoms. The number of aliphatic carboxylic acids is 1. The van der Waals surface area contributed by atoms with E-state index in [2.05, 4.69) is 4.98 Å². The monoisotopic (exact) mass is 439 g/mol. The van der Waals surface area contributed by atoms with E-state index < -0.39 is 17.7 Å². The summed E-state index contributed by atoms with van der Waals surface area (Å²) in [5.41, 5.74) is 2.60. The van der Waals surface area contributed by atoms with Crippen molar-refractivity contribution in [2.45, 2.75) is 25.6 Å². The Morgan fingerprint density at radius 2 is 1.81 bits per heavy atom. The Kier molecular flexibility index (Phi) is 5.90. The van der Waals surface area contributed by atoms with Gasteiger partial charge >= 0.3 is 12.1 Å². The molecule has 7 heteroatoms. The molecule has 3 aromatic carbocycles. The molecule has 1 aromatic heterocycles. The lowest BCUT2D eigenvalue weighted by atomic mass is 9.98. The smallest absolute Gasteiger partial charge is 0.416 e. The second kappa shape index (κ2) is 8.78. The highest BCUT2D eigenvalue weighted by molar-refractivity contribution is 5.86. The molecule has 32 heavy (non-hydrogen) atoms. The molecule has 0 atom stereocenters. The topological polar surface area (TPSA) is 62.3 Å². The highest BCUT2D eigenvalue weighted by atomic mass is 19.4. The van der Waals surface area contributed by atoms with Crippen molar-refractivity contribution in [1.29, 1.82) is 0 Å². The van der Waals surface area contributed by atoms with E-state index in [9.17, 15) is 18.0 Å². The zero-order valence-electron chi connectivity index (χ0n) is 16.9. The molecule has 0 bridgehead atoms. The van der Waals surface area contributed by atoms with Crippen LogP contribution in [-0.2, 0) is 24.0 Å². The largest absolute Gasteiger partial charge is 0.488 e. The number of hydrogen-bond donors (Lipinski definition) is 2. The number of nitrogens with one attached hydrogen (secondary N) is 1. The first kappa shape index (κ1) is 21.5. The van der Waals surface area contributed by atoms with Gasteiger partial charge in [0.05, 0.1) is 5.56 Å². The van der Waals surface area contributed by atoms with Crippen LogP contribution >= 0.6 is 0 Å². The average molecular weight is 439 g/mol. The summed E-state index contributed by atoms with van der Waals surface area (Å²) >= 11 is 0. The number of H-pyrrole nitrogens is 1. The van der Waals surface area contributed by atoms with Crippen molar-refractivity contribution in [2.24, 2.45) is 0 Å². The van der Waals surface area contributed by atoms with Crippen LogP contribution in [0, 0.1) is 0 Å². The number of benzene rings is 3. The number of alkyl halides is 3. The molecule has 164 valence electrons. The minimum Gasteiger partial charge on any atom is -0.488 e. The standard InChI is InChI=1S/C25H20F3NO3/c26-25(27,28)21-4-2-1-3-19(21)15-32-23-9-5-16(6-10-24(30)31)13-20(23)17-7-8-22-18(14-17)11-12-29-22/h1-5,7-9,11-14,29H,6,10,15H2,(H,30,31). The summed E-state index contributed by atoms with van der Waals surface area (Å²) in [4.78, 5) is 14.1. The van der Waals surface area contributed by atoms with E-state index in [4.69, 9.17) is 9.84 Å². The molecule has 0 radical (unpaired) electrons. The number of halogens is 3. The highest BCUT2D eigenvalue weighted by Gasteiger charge is 2.33. The summed E-state index contributed by atoms with van der Waals surface area (Å²) in [6, 6.07) is 18.3. The van der Waals surface area contributed by atoms with Gasteiger partial charge in [0.25, 0.3) is 0 Å². The first-order chi connectivity index (χ1) is 15.3. The summed E-state index contributed by atoms with van der Waals surface area (Å²) in [6.45, 7) is -0.246. The molecule has 0 saturated carbocycles. The highest BCUT2D eigenvalue weighted by Crippen LogP contribution is 2.36. The Morgan fingerprint density at radius 1 is 1.00 bits per heavy atom. The molecule has 0 aliphatic rings. The second-order valence-electron chi connectivity index (χ2n) is 7.45. The van der Waals surface area contributed by atoms with Crippen LogP contribution in [0.25, 0.3) is 22.0 Å². The van der Waals surface area contributed by atoms with Gasteiger partial charge in [-0.25, -0.2) is 0 Å². The van der Waals surface area contributed by atoms with Gasteiger partial charge in [0.15, 0.2) is 0 Å². The molecule has 0 saturated heterocycles. The fraction of sp³-hybridized carbons (Fsp3) is 0.160. The normalized spacial score (nSPS) is 11.6. The van der Waals surface area contributed by atoms with E-state index in [1.807, 2.05) is 36.5 Å². The molecule has 0 unspecified atom stereocenters. The van der Waals surface area contributed by atoms with Gasteiger partial charge in [-0.3, -0.25) is 4.79 Å². The van der Waals surface area contributed by atoms with Crippen molar-refractivity contribution in [3.8, 4) is 16.9 Å². The van der Waals surface area contributed by atoms with Crippen LogP contribution in [0.1, 0.15) is 23.1 Å². The Bertz CT molecular complexity index is 1260. The summed E-state index contributed by atoms with van der Waals surface area (Å²) < 4.78 is 45.9. The number of carbonyl (C=O) groups is 1. The van der Waals surface area contributed by atoms with Crippen molar-refractivity contribution in [2.75, 3.05) is 0 Å². The predicted octanol–water partition coefficient (Wildman–Crippen LogP) is 6.45. The van der Waals surface area contributed by atoms with Gasteiger partial charge in [-0.05, 0) is 59.3 Å². The third-order valence-corrected chi connectivity index (χ3v) is 5.24. The van der Waals surface area contributed by atoms with Crippen molar-refractivity contribution in [3.63, 3.8) is 0 Å². The molecule has 4 aromatic rings. The Hall–Kier alpha value is -3.74. The number of carboxylic acids is 1. The number of aromatic nitrogens is 1. The lowest BCUT2D eigenvalue weighted by molar-refractivity contribution is -0.139. The SMILES string of the molecule is O=C(O)CCc1ccc(OCc2ccccc2C(F)(F)F)c(-c2ccc3[nH]ccc3c2)c1. The first-order valence-electron chi connectivity index (χ1n) is 10.0. The minimum absolute atomic E-state index is 0.0184. The summed E-state index contributed by atoms with van der Waals surface area (Å²) in [5, 5.41) is 9.97.